The number of para-hydroxylation sites is 1. The van der Waals surface area contributed by atoms with Gasteiger partial charge in [-0.1, -0.05) is 57.2 Å². The maximum absolute atomic E-state index is 13.7. The SMILES string of the molecule is CC(C)(C)c1ccccc1-n1c(NC(=O)CNC(=O)c2ccccc2)cc(=O)n(Cc2ccco2)c1=O. The highest BCUT2D eigenvalue weighted by Gasteiger charge is 2.23. The molecule has 2 amide bonds. The Labute approximate surface area is 213 Å². The molecule has 2 heterocycles. The van der Waals surface area contributed by atoms with Crippen LogP contribution < -0.4 is 21.9 Å². The average molecular weight is 501 g/mol. The lowest BCUT2D eigenvalue weighted by molar-refractivity contribution is -0.115. The van der Waals surface area contributed by atoms with E-state index in [2.05, 4.69) is 10.6 Å². The second kappa shape index (κ2) is 10.5. The van der Waals surface area contributed by atoms with Gasteiger partial charge >= 0.3 is 5.69 Å². The first-order valence-electron chi connectivity index (χ1n) is 11.8. The first kappa shape index (κ1) is 25.4. The third-order valence-electron chi connectivity index (χ3n) is 5.75. The summed E-state index contributed by atoms with van der Waals surface area (Å²) in [5.74, 6) is -0.564. The summed E-state index contributed by atoms with van der Waals surface area (Å²) < 4.78 is 7.69. The molecule has 9 heteroatoms. The predicted octanol–water partition coefficient (Wildman–Crippen LogP) is 3.31. The highest BCUT2D eigenvalue weighted by atomic mass is 16.3. The second-order valence-electron chi connectivity index (χ2n) is 9.52. The molecule has 0 unspecified atom stereocenters. The zero-order valence-electron chi connectivity index (χ0n) is 20.9. The van der Waals surface area contributed by atoms with Gasteiger partial charge in [0.15, 0.2) is 0 Å². The number of furan rings is 1. The van der Waals surface area contributed by atoms with Crippen LogP contribution in [0, 0.1) is 0 Å². The Balaban J connectivity index is 1.73. The van der Waals surface area contributed by atoms with Gasteiger partial charge in [-0.05, 0) is 41.3 Å². The van der Waals surface area contributed by atoms with Gasteiger partial charge in [0.2, 0.25) is 5.91 Å². The Morgan fingerprint density at radius 2 is 1.62 bits per heavy atom. The number of aromatic nitrogens is 2. The predicted molar refractivity (Wildman–Crippen MR) is 140 cm³/mol. The molecule has 0 aliphatic heterocycles. The number of hydrogen-bond acceptors (Lipinski definition) is 5. The van der Waals surface area contributed by atoms with Crippen LogP contribution in [-0.2, 0) is 16.8 Å². The molecule has 0 bridgehead atoms. The lowest BCUT2D eigenvalue weighted by Gasteiger charge is -2.25. The topological polar surface area (TPSA) is 115 Å². The van der Waals surface area contributed by atoms with E-state index in [1.54, 1.807) is 54.6 Å². The normalized spacial score (nSPS) is 11.2. The van der Waals surface area contributed by atoms with Gasteiger partial charge in [0.25, 0.3) is 11.5 Å². The smallest absolute Gasteiger partial charge is 0.337 e. The van der Waals surface area contributed by atoms with Gasteiger partial charge in [-0.15, -0.1) is 0 Å². The van der Waals surface area contributed by atoms with Crippen molar-refractivity contribution in [3.05, 3.63) is 117 Å². The largest absolute Gasteiger partial charge is 0.467 e. The zero-order chi connectivity index (χ0) is 26.6. The first-order chi connectivity index (χ1) is 17.6. The van der Waals surface area contributed by atoms with Crippen LogP contribution in [0.1, 0.15) is 42.5 Å². The molecule has 37 heavy (non-hydrogen) atoms. The van der Waals surface area contributed by atoms with Gasteiger partial charge < -0.3 is 15.1 Å². The van der Waals surface area contributed by atoms with E-state index in [0.29, 0.717) is 17.0 Å². The lowest BCUT2D eigenvalue weighted by atomic mass is 9.85. The lowest BCUT2D eigenvalue weighted by Crippen LogP contribution is -2.42. The van der Waals surface area contributed by atoms with Crippen LogP contribution in [0.3, 0.4) is 0 Å². The Bertz CT molecular complexity index is 1530. The minimum atomic E-state index is -0.635. The molecule has 9 nitrogen and oxygen atoms in total. The van der Waals surface area contributed by atoms with Crippen LogP contribution in [0.15, 0.2) is 93.1 Å². The number of hydrogen-bond donors (Lipinski definition) is 2. The molecule has 0 saturated heterocycles. The maximum atomic E-state index is 13.7. The van der Waals surface area contributed by atoms with E-state index < -0.39 is 23.1 Å². The summed E-state index contributed by atoms with van der Waals surface area (Å²) in [4.78, 5) is 51.8. The molecule has 190 valence electrons. The Hall–Kier alpha value is -4.66. The molecule has 2 N–H and O–H groups in total. The van der Waals surface area contributed by atoms with E-state index in [1.165, 1.54) is 16.9 Å². The summed E-state index contributed by atoms with van der Waals surface area (Å²) in [5.41, 5.74) is 0.193. The van der Waals surface area contributed by atoms with Crippen LogP contribution in [0.25, 0.3) is 5.69 Å². The summed E-state index contributed by atoms with van der Waals surface area (Å²) in [6, 6.07) is 20.3. The number of anilines is 1. The van der Waals surface area contributed by atoms with E-state index in [-0.39, 0.29) is 24.3 Å². The molecule has 0 fully saturated rings. The van der Waals surface area contributed by atoms with E-state index in [4.69, 9.17) is 4.42 Å². The van der Waals surface area contributed by atoms with E-state index in [9.17, 15) is 19.2 Å². The van der Waals surface area contributed by atoms with Crippen molar-refractivity contribution in [1.82, 2.24) is 14.5 Å². The fourth-order valence-corrected chi connectivity index (χ4v) is 3.95. The molecule has 0 spiro atoms. The van der Waals surface area contributed by atoms with Gasteiger partial charge in [0.05, 0.1) is 25.0 Å². The van der Waals surface area contributed by atoms with Gasteiger partial charge in [-0.25, -0.2) is 9.36 Å². The van der Waals surface area contributed by atoms with Gasteiger partial charge in [-0.3, -0.25) is 19.0 Å². The van der Waals surface area contributed by atoms with Crippen molar-refractivity contribution in [2.24, 2.45) is 0 Å². The van der Waals surface area contributed by atoms with Gasteiger partial charge in [0, 0.05) is 11.6 Å². The monoisotopic (exact) mass is 500 g/mol. The second-order valence-corrected chi connectivity index (χ2v) is 9.52. The fourth-order valence-electron chi connectivity index (χ4n) is 3.95. The number of nitrogens with one attached hydrogen (secondary N) is 2. The van der Waals surface area contributed by atoms with Gasteiger partial charge in [-0.2, -0.15) is 0 Å². The number of amides is 2. The number of rotatable bonds is 7. The van der Waals surface area contributed by atoms with Crippen LogP contribution in [0.2, 0.25) is 0 Å². The van der Waals surface area contributed by atoms with Crippen molar-refractivity contribution >= 4 is 17.6 Å². The van der Waals surface area contributed by atoms with Crippen molar-refractivity contribution in [3.8, 4) is 5.69 Å². The number of benzene rings is 2. The maximum Gasteiger partial charge on any atom is 0.337 e. The van der Waals surface area contributed by atoms with E-state index >= 15 is 0 Å². The number of carbonyl (C=O) groups excluding carboxylic acids is 2. The fraction of sp³-hybridized carbons (Fsp3) is 0.214. The van der Waals surface area contributed by atoms with Crippen molar-refractivity contribution in [2.45, 2.75) is 32.7 Å². The molecular weight excluding hydrogens is 472 g/mol. The quantitative estimate of drug-likeness (QED) is 0.404. The van der Waals surface area contributed by atoms with Crippen molar-refractivity contribution in [1.29, 1.82) is 0 Å². The summed E-state index contributed by atoms with van der Waals surface area (Å²) in [6.07, 6.45) is 1.46. The van der Waals surface area contributed by atoms with Crippen molar-refractivity contribution in [2.75, 3.05) is 11.9 Å². The molecule has 2 aromatic heterocycles. The Morgan fingerprint density at radius 1 is 0.919 bits per heavy atom. The molecular formula is C28H28N4O5. The van der Waals surface area contributed by atoms with E-state index in [1.807, 2.05) is 32.9 Å². The average Bonchev–Trinajstić information content (AvgIpc) is 3.38. The van der Waals surface area contributed by atoms with Crippen LogP contribution in [0.4, 0.5) is 5.82 Å². The van der Waals surface area contributed by atoms with E-state index in [0.717, 1.165) is 10.1 Å². The minimum absolute atomic E-state index is 0.00125. The Kier molecular flexibility index (Phi) is 7.24. The van der Waals surface area contributed by atoms with Crippen LogP contribution >= 0.6 is 0 Å². The third-order valence-corrected chi connectivity index (χ3v) is 5.75. The zero-order valence-corrected chi connectivity index (χ0v) is 20.9. The standard InChI is InChI=1S/C28H28N4O5/c1-28(2,3)21-13-7-8-14-22(21)32-23(16-25(34)31(27(32)36)18-20-12-9-15-37-20)30-24(33)17-29-26(35)19-10-5-4-6-11-19/h4-16H,17-18H2,1-3H3,(H,29,35)(H,30,33). The summed E-state index contributed by atoms with van der Waals surface area (Å²) in [5, 5.41) is 5.18. The minimum Gasteiger partial charge on any atom is -0.467 e. The Morgan fingerprint density at radius 3 is 2.30 bits per heavy atom. The molecule has 0 saturated carbocycles. The van der Waals surface area contributed by atoms with Crippen molar-refractivity contribution in [3.63, 3.8) is 0 Å². The molecule has 0 atom stereocenters. The number of nitrogens with zero attached hydrogens (tertiary/aromatic N) is 2. The van der Waals surface area contributed by atoms with Gasteiger partial charge in [0.1, 0.15) is 11.6 Å². The van der Waals surface area contributed by atoms with Crippen LogP contribution in [-0.4, -0.2) is 27.5 Å². The molecule has 4 aromatic rings. The molecule has 4 rings (SSSR count). The third kappa shape index (κ3) is 5.78. The highest BCUT2D eigenvalue weighted by molar-refractivity contribution is 5.99. The summed E-state index contributed by atoms with van der Waals surface area (Å²) in [6.45, 7) is 5.61. The molecule has 0 radical (unpaired) electrons. The number of carbonyl (C=O) groups is 2. The molecule has 0 aliphatic carbocycles. The summed E-state index contributed by atoms with van der Waals surface area (Å²) in [7, 11) is 0. The molecule has 0 aliphatic rings. The first-order valence-corrected chi connectivity index (χ1v) is 11.8. The van der Waals surface area contributed by atoms with Crippen LogP contribution in [0.5, 0.6) is 0 Å². The summed E-state index contributed by atoms with van der Waals surface area (Å²) >= 11 is 0. The highest BCUT2D eigenvalue weighted by Crippen LogP contribution is 2.29. The molecule has 2 aromatic carbocycles. The van der Waals surface area contributed by atoms with Crippen molar-refractivity contribution < 1.29 is 14.0 Å².